The number of rotatable bonds is 6. The van der Waals surface area contributed by atoms with E-state index in [1.807, 2.05) is 6.92 Å². The molecular weight excluding hydrogens is 198 g/mol. The van der Waals surface area contributed by atoms with Gasteiger partial charge in [0, 0.05) is 19.1 Å². The number of hydrogen-bond donors (Lipinski definition) is 1. The van der Waals surface area contributed by atoms with Crippen LogP contribution in [0.2, 0.25) is 0 Å². The van der Waals surface area contributed by atoms with Gasteiger partial charge in [0.25, 0.3) is 0 Å². The van der Waals surface area contributed by atoms with Gasteiger partial charge in [0.2, 0.25) is 0 Å². The molecule has 1 N–H and O–H groups in total. The Kier molecular flexibility index (Phi) is 7.29. The van der Waals surface area contributed by atoms with Crippen molar-refractivity contribution in [3.63, 3.8) is 0 Å². The highest BCUT2D eigenvalue weighted by atomic mass is 16.5. The second-order valence-corrected chi connectivity index (χ2v) is 4.43. The van der Waals surface area contributed by atoms with Gasteiger partial charge in [-0.15, -0.1) is 11.8 Å². The second-order valence-electron chi connectivity index (χ2n) is 4.43. The van der Waals surface area contributed by atoms with Crippen molar-refractivity contribution < 1.29 is 4.74 Å². The molecule has 2 heteroatoms. The van der Waals surface area contributed by atoms with Crippen molar-refractivity contribution in [3.8, 4) is 11.8 Å². The lowest BCUT2D eigenvalue weighted by Gasteiger charge is -2.31. The Morgan fingerprint density at radius 1 is 1.44 bits per heavy atom. The third kappa shape index (κ3) is 5.01. The highest BCUT2D eigenvalue weighted by Crippen LogP contribution is 2.18. The van der Waals surface area contributed by atoms with E-state index in [0.29, 0.717) is 12.1 Å². The van der Waals surface area contributed by atoms with E-state index in [1.165, 1.54) is 25.7 Å². The molecule has 1 aliphatic rings. The Labute approximate surface area is 100 Å². The van der Waals surface area contributed by atoms with Gasteiger partial charge in [0.1, 0.15) is 0 Å². The first-order valence-electron chi connectivity index (χ1n) is 6.63. The molecule has 0 spiro atoms. The van der Waals surface area contributed by atoms with Gasteiger partial charge in [-0.2, -0.15) is 0 Å². The van der Waals surface area contributed by atoms with Gasteiger partial charge in [0.15, 0.2) is 0 Å². The SMILES string of the molecule is CC#CCCC(NCCC)C1CCCCO1. The van der Waals surface area contributed by atoms with Crippen LogP contribution >= 0.6 is 0 Å². The quantitative estimate of drug-likeness (QED) is 0.699. The van der Waals surface area contributed by atoms with Crippen LogP contribution in [0.3, 0.4) is 0 Å². The summed E-state index contributed by atoms with van der Waals surface area (Å²) in [4.78, 5) is 0. The zero-order valence-corrected chi connectivity index (χ0v) is 10.7. The molecule has 1 heterocycles. The molecule has 1 fully saturated rings. The monoisotopic (exact) mass is 223 g/mol. The van der Waals surface area contributed by atoms with Gasteiger partial charge in [-0.05, 0) is 45.6 Å². The van der Waals surface area contributed by atoms with Crippen LogP contribution in [0.5, 0.6) is 0 Å². The van der Waals surface area contributed by atoms with E-state index in [2.05, 4.69) is 24.1 Å². The van der Waals surface area contributed by atoms with Crippen LogP contribution in [0.25, 0.3) is 0 Å². The lowest BCUT2D eigenvalue weighted by Crippen LogP contribution is -2.43. The Morgan fingerprint density at radius 2 is 2.31 bits per heavy atom. The van der Waals surface area contributed by atoms with E-state index < -0.39 is 0 Å². The number of nitrogens with one attached hydrogen (secondary N) is 1. The van der Waals surface area contributed by atoms with E-state index >= 15 is 0 Å². The Bertz CT molecular complexity index is 223. The highest BCUT2D eigenvalue weighted by Gasteiger charge is 2.23. The molecule has 92 valence electrons. The summed E-state index contributed by atoms with van der Waals surface area (Å²) in [5.74, 6) is 6.11. The molecule has 2 unspecified atom stereocenters. The van der Waals surface area contributed by atoms with Gasteiger partial charge in [-0.25, -0.2) is 0 Å². The van der Waals surface area contributed by atoms with Crippen LogP contribution in [-0.4, -0.2) is 25.3 Å². The van der Waals surface area contributed by atoms with Crippen LogP contribution in [0.1, 0.15) is 52.4 Å². The molecule has 2 nitrogen and oxygen atoms in total. The number of hydrogen-bond acceptors (Lipinski definition) is 2. The maximum atomic E-state index is 5.86. The fraction of sp³-hybridized carbons (Fsp3) is 0.857. The lowest BCUT2D eigenvalue weighted by molar-refractivity contribution is -0.00890. The van der Waals surface area contributed by atoms with Crippen molar-refractivity contribution >= 4 is 0 Å². The zero-order valence-electron chi connectivity index (χ0n) is 10.7. The first-order valence-corrected chi connectivity index (χ1v) is 6.63. The molecule has 0 aromatic heterocycles. The smallest absolute Gasteiger partial charge is 0.0728 e. The number of ether oxygens (including phenoxy) is 1. The third-order valence-electron chi connectivity index (χ3n) is 3.08. The first kappa shape index (κ1) is 13.5. The molecule has 1 rings (SSSR count). The summed E-state index contributed by atoms with van der Waals surface area (Å²) in [7, 11) is 0. The summed E-state index contributed by atoms with van der Waals surface area (Å²) in [5.41, 5.74) is 0. The molecule has 0 aliphatic carbocycles. The van der Waals surface area contributed by atoms with Crippen molar-refractivity contribution in [1.29, 1.82) is 0 Å². The molecule has 0 amide bonds. The standard InChI is InChI=1S/C14H25NO/c1-3-5-6-9-13(15-11-4-2)14-10-7-8-12-16-14/h13-15H,4,6-12H2,1-2H3. The highest BCUT2D eigenvalue weighted by molar-refractivity contribution is 4.96. The molecule has 1 saturated heterocycles. The first-order chi connectivity index (χ1) is 7.88. The topological polar surface area (TPSA) is 21.3 Å². The van der Waals surface area contributed by atoms with Gasteiger partial charge in [0.05, 0.1) is 6.10 Å². The average Bonchev–Trinajstić information content (AvgIpc) is 2.35. The molecule has 16 heavy (non-hydrogen) atoms. The van der Waals surface area contributed by atoms with Gasteiger partial charge >= 0.3 is 0 Å². The molecule has 1 aliphatic heterocycles. The van der Waals surface area contributed by atoms with E-state index in [9.17, 15) is 0 Å². The summed E-state index contributed by atoms with van der Waals surface area (Å²) in [6, 6.07) is 0.501. The van der Waals surface area contributed by atoms with Crippen molar-refractivity contribution in [2.75, 3.05) is 13.2 Å². The van der Waals surface area contributed by atoms with Gasteiger partial charge < -0.3 is 10.1 Å². The van der Waals surface area contributed by atoms with Crippen molar-refractivity contribution in [2.45, 2.75) is 64.5 Å². The third-order valence-corrected chi connectivity index (χ3v) is 3.08. The molecule has 0 bridgehead atoms. The maximum Gasteiger partial charge on any atom is 0.0728 e. The van der Waals surface area contributed by atoms with Gasteiger partial charge in [-0.3, -0.25) is 0 Å². The Hall–Kier alpha value is -0.520. The fourth-order valence-electron chi connectivity index (χ4n) is 2.18. The minimum atomic E-state index is 0.416. The molecular formula is C14H25NO. The molecule has 0 saturated carbocycles. The van der Waals surface area contributed by atoms with Crippen molar-refractivity contribution in [2.24, 2.45) is 0 Å². The molecule has 0 aromatic rings. The van der Waals surface area contributed by atoms with Crippen molar-refractivity contribution in [3.05, 3.63) is 0 Å². The second kappa shape index (κ2) is 8.61. The predicted molar refractivity (Wildman–Crippen MR) is 68.4 cm³/mol. The largest absolute Gasteiger partial charge is 0.377 e. The van der Waals surface area contributed by atoms with E-state index in [-0.39, 0.29) is 0 Å². The van der Waals surface area contributed by atoms with E-state index in [1.54, 1.807) is 0 Å². The summed E-state index contributed by atoms with van der Waals surface area (Å²) in [5, 5.41) is 3.61. The van der Waals surface area contributed by atoms with E-state index in [0.717, 1.165) is 26.0 Å². The maximum absolute atomic E-state index is 5.86. The van der Waals surface area contributed by atoms with E-state index in [4.69, 9.17) is 4.74 Å². The van der Waals surface area contributed by atoms with Crippen LogP contribution in [0, 0.1) is 11.8 Å². The normalized spacial score (nSPS) is 22.2. The average molecular weight is 223 g/mol. The molecule has 0 aromatic carbocycles. The Morgan fingerprint density at radius 3 is 2.94 bits per heavy atom. The Balaban J connectivity index is 2.36. The van der Waals surface area contributed by atoms with Crippen LogP contribution in [0.4, 0.5) is 0 Å². The summed E-state index contributed by atoms with van der Waals surface area (Å²) in [6.07, 6.45) is 7.45. The van der Waals surface area contributed by atoms with Crippen molar-refractivity contribution in [1.82, 2.24) is 5.32 Å². The summed E-state index contributed by atoms with van der Waals surface area (Å²) >= 11 is 0. The van der Waals surface area contributed by atoms with Crippen LogP contribution in [0.15, 0.2) is 0 Å². The fourth-order valence-corrected chi connectivity index (χ4v) is 2.18. The van der Waals surface area contributed by atoms with Gasteiger partial charge in [-0.1, -0.05) is 6.92 Å². The summed E-state index contributed by atoms with van der Waals surface area (Å²) in [6.45, 7) is 6.14. The van der Waals surface area contributed by atoms with Crippen LogP contribution < -0.4 is 5.32 Å². The molecule has 2 atom stereocenters. The minimum Gasteiger partial charge on any atom is -0.377 e. The summed E-state index contributed by atoms with van der Waals surface area (Å²) < 4.78 is 5.86. The minimum absolute atomic E-state index is 0.416. The zero-order chi connectivity index (χ0) is 11.6. The van der Waals surface area contributed by atoms with Crippen LogP contribution in [-0.2, 0) is 4.74 Å². The lowest BCUT2D eigenvalue weighted by atomic mass is 9.98. The molecule has 0 radical (unpaired) electrons. The predicted octanol–water partition coefficient (Wildman–Crippen LogP) is 2.73.